The second kappa shape index (κ2) is 5.84. The fraction of sp³-hybridized carbons (Fsp3) is 0. The molecule has 0 fully saturated rings. The Bertz CT molecular complexity index is 365. The Balaban J connectivity index is 2.16. The summed E-state index contributed by atoms with van der Waals surface area (Å²) >= 11 is -0.118. The van der Waals surface area contributed by atoms with Crippen LogP contribution in [0.5, 0.6) is 0 Å². The summed E-state index contributed by atoms with van der Waals surface area (Å²) in [7, 11) is 0. The summed E-state index contributed by atoms with van der Waals surface area (Å²) in [6.45, 7) is 0. The van der Waals surface area contributed by atoms with Gasteiger partial charge < -0.3 is 0 Å². The van der Waals surface area contributed by atoms with E-state index in [1.54, 1.807) is 7.02 Å². The zero-order valence-electron chi connectivity index (χ0n) is 7.67. The molecule has 0 aromatic heterocycles. The number of benzene rings is 2. The second-order valence-corrected chi connectivity index (χ2v) is 14.6. The van der Waals surface area contributed by atoms with Crippen LogP contribution in [0.4, 0.5) is 0 Å². The first-order valence-electron chi connectivity index (χ1n) is 4.47. The van der Waals surface area contributed by atoms with Gasteiger partial charge in [0, 0.05) is 0 Å². The molecule has 2 aromatic rings. The standard InChI is InChI=1S/2C6H5.2Sb/c2*1-2-4-6-5-3-1;;/h2*1-5H;;. The first kappa shape index (κ1) is 10.6. The predicted octanol–water partition coefficient (Wildman–Crippen LogP) is 0.961. The average Bonchev–Trinajstić information content (AvgIpc) is 2.29. The van der Waals surface area contributed by atoms with Gasteiger partial charge in [0.25, 0.3) is 0 Å². The second-order valence-electron chi connectivity index (χ2n) is 2.87. The minimum absolute atomic E-state index is 0.0589. The van der Waals surface area contributed by atoms with Crippen LogP contribution in [0, 0.1) is 0 Å². The predicted molar refractivity (Wildman–Crippen MR) is 63.7 cm³/mol. The van der Waals surface area contributed by atoms with E-state index in [9.17, 15) is 0 Å². The molecule has 14 heavy (non-hydrogen) atoms. The molecule has 0 aliphatic heterocycles. The monoisotopic (exact) mass is 396 g/mol. The first-order valence-corrected chi connectivity index (χ1v) is 15.8. The molecule has 0 bridgehead atoms. The zero-order valence-corrected chi connectivity index (χ0v) is 12.8. The van der Waals surface area contributed by atoms with Gasteiger partial charge in [-0.25, -0.2) is 0 Å². The summed E-state index contributed by atoms with van der Waals surface area (Å²) in [5, 5.41) is 0. The maximum absolute atomic E-state index is 2.29. The Hall–Kier alpha value is 0.0764. The van der Waals surface area contributed by atoms with Gasteiger partial charge in [0.1, 0.15) is 0 Å². The van der Waals surface area contributed by atoms with Crippen LogP contribution in [-0.4, -0.2) is 33.7 Å². The van der Waals surface area contributed by atoms with Crippen LogP contribution in [0.15, 0.2) is 60.7 Å². The molecule has 0 radical (unpaired) electrons. The molecule has 0 atom stereocenters. The third kappa shape index (κ3) is 3.34. The Labute approximate surface area is 100 Å². The molecule has 0 aliphatic carbocycles. The Morgan fingerprint density at radius 2 is 0.857 bits per heavy atom. The molecule has 0 unspecified atom stereocenters. The van der Waals surface area contributed by atoms with Gasteiger partial charge in [0.2, 0.25) is 0 Å². The quantitative estimate of drug-likeness (QED) is 0.662. The van der Waals surface area contributed by atoms with E-state index in [1.807, 2.05) is 0 Å². The SMILES string of the molecule is c1cc[c]([Sb]=[Sb][c]2ccccc2)cc1. The van der Waals surface area contributed by atoms with E-state index in [4.69, 9.17) is 0 Å². The van der Waals surface area contributed by atoms with Crippen LogP contribution in [0.3, 0.4) is 0 Å². The van der Waals surface area contributed by atoms with E-state index in [-0.39, 0.29) is 33.7 Å². The van der Waals surface area contributed by atoms with Crippen molar-refractivity contribution in [1.29, 1.82) is 0 Å². The van der Waals surface area contributed by atoms with Crippen LogP contribution < -0.4 is 7.02 Å². The molecule has 0 amide bonds. The fourth-order valence-electron chi connectivity index (χ4n) is 1.10. The molecule has 0 heterocycles. The van der Waals surface area contributed by atoms with Crippen molar-refractivity contribution in [2.24, 2.45) is 0 Å². The molecule has 2 heteroatoms. The van der Waals surface area contributed by atoms with Crippen molar-refractivity contribution in [3.63, 3.8) is 0 Å². The van der Waals surface area contributed by atoms with E-state index in [0.29, 0.717) is 0 Å². The van der Waals surface area contributed by atoms with Crippen molar-refractivity contribution in [2.45, 2.75) is 0 Å². The summed E-state index contributed by atoms with van der Waals surface area (Å²) in [6.07, 6.45) is 0. The third-order valence-electron chi connectivity index (χ3n) is 1.79. The average molecular weight is 398 g/mol. The molecule has 0 aliphatic rings. The summed E-state index contributed by atoms with van der Waals surface area (Å²) in [6, 6.07) is 22.0. The van der Waals surface area contributed by atoms with Crippen LogP contribution in [0.25, 0.3) is 0 Å². The van der Waals surface area contributed by atoms with E-state index in [2.05, 4.69) is 60.7 Å². The molecule has 0 saturated heterocycles. The maximum atomic E-state index is 2.29. The van der Waals surface area contributed by atoms with Crippen molar-refractivity contribution in [3.05, 3.63) is 60.7 Å². The molecule has 0 N–H and O–H groups in total. The van der Waals surface area contributed by atoms with Gasteiger partial charge >= 0.3 is 101 Å². The Morgan fingerprint density at radius 3 is 1.21 bits per heavy atom. The molecular formula is C12H10Sb2. The van der Waals surface area contributed by atoms with Crippen molar-refractivity contribution in [2.75, 3.05) is 0 Å². The van der Waals surface area contributed by atoms with Crippen molar-refractivity contribution < 1.29 is 0 Å². The molecular weight excluding hydrogens is 388 g/mol. The Morgan fingerprint density at radius 1 is 0.500 bits per heavy atom. The first-order chi connectivity index (χ1) is 6.95. The summed E-state index contributed by atoms with van der Waals surface area (Å²) in [5.74, 6) is 0. The number of hydrogen-bond acceptors (Lipinski definition) is 0. The summed E-state index contributed by atoms with van der Waals surface area (Å²) in [5.41, 5.74) is 0. The van der Waals surface area contributed by atoms with Crippen LogP contribution in [0.2, 0.25) is 0 Å². The topological polar surface area (TPSA) is 0 Å². The normalized spacial score (nSPS) is 10.6. The molecule has 2 rings (SSSR count). The number of hydrogen-bond donors (Lipinski definition) is 0. The zero-order chi connectivity index (χ0) is 9.64. The minimum atomic E-state index is -0.0589. The molecule has 0 spiro atoms. The van der Waals surface area contributed by atoms with Gasteiger partial charge in [0.05, 0.1) is 0 Å². The van der Waals surface area contributed by atoms with Crippen molar-refractivity contribution in [1.82, 2.24) is 0 Å². The van der Waals surface area contributed by atoms with Crippen molar-refractivity contribution in [3.8, 4) is 0 Å². The Kier molecular flexibility index (Phi) is 4.41. The van der Waals surface area contributed by atoms with Crippen LogP contribution >= 0.6 is 0 Å². The molecule has 0 saturated carbocycles. The van der Waals surface area contributed by atoms with E-state index in [0.717, 1.165) is 0 Å². The van der Waals surface area contributed by atoms with Gasteiger partial charge in [-0.1, -0.05) is 0 Å². The van der Waals surface area contributed by atoms with E-state index in [1.165, 1.54) is 0 Å². The van der Waals surface area contributed by atoms with Gasteiger partial charge in [-0.05, 0) is 0 Å². The fourth-order valence-corrected chi connectivity index (χ4v) is 13.0. The third-order valence-corrected chi connectivity index (χ3v) is 15.9. The van der Waals surface area contributed by atoms with Gasteiger partial charge in [0.15, 0.2) is 0 Å². The molecule has 0 nitrogen and oxygen atoms in total. The summed E-state index contributed by atoms with van der Waals surface area (Å²) < 4.78 is 3.26. The van der Waals surface area contributed by atoms with Gasteiger partial charge in [-0.15, -0.1) is 0 Å². The van der Waals surface area contributed by atoms with Crippen LogP contribution in [0.1, 0.15) is 0 Å². The van der Waals surface area contributed by atoms with Crippen LogP contribution in [-0.2, 0) is 0 Å². The molecule has 68 valence electrons. The molecule has 2 aromatic carbocycles. The van der Waals surface area contributed by atoms with Crippen molar-refractivity contribution >= 4 is 40.7 Å². The van der Waals surface area contributed by atoms with Gasteiger partial charge in [-0.3, -0.25) is 0 Å². The van der Waals surface area contributed by atoms with E-state index < -0.39 is 0 Å². The van der Waals surface area contributed by atoms with Gasteiger partial charge in [-0.2, -0.15) is 0 Å². The van der Waals surface area contributed by atoms with E-state index >= 15 is 0 Å². The number of rotatable bonds is 2. The summed E-state index contributed by atoms with van der Waals surface area (Å²) in [4.78, 5) is 0.